The number of nitrogens with zero attached hydrogens (tertiary/aromatic N) is 1. The van der Waals surface area contributed by atoms with Gasteiger partial charge in [0.1, 0.15) is 5.82 Å². The molecule has 0 atom stereocenters. The number of aromatic amines is 1. The number of H-pyrrole nitrogens is 1. The quantitative estimate of drug-likeness (QED) is 0.746. The van der Waals surface area contributed by atoms with Crippen LogP contribution in [-0.4, -0.2) is 21.0 Å². The molecule has 1 aromatic carbocycles. The number of rotatable bonds is 3. The second kappa shape index (κ2) is 5.33. The van der Waals surface area contributed by atoms with E-state index < -0.39 is 5.97 Å². The molecule has 0 aliphatic heterocycles. The molecule has 0 spiro atoms. The van der Waals surface area contributed by atoms with Crippen LogP contribution in [0.25, 0.3) is 0 Å². The molecule has 1 aromatic heterocycles. The summed E-state index contributed by atoms with van der Waals surface area (Å²) >= 11 is 7.06. The SMILES string of the molecule is Nc1cc(=O)[nH]c(Sc2ccc(C(=O)O)cc2Cl)n1. The van der Waals surface area contributed by atoms with Crippen LogP contribution < -0.4 is 11.3 Å². The topological polar surface area (TPSA) is 109 Å². The van der Waals surface area contributed by atoms with E-state index in [2.05, 4.69) is 9.97 Å². The maximum Gasteiger partial charge on any atom is 0.335 e. The standard InChI is InChI=1S/C11H8ClN3O3S/c12-6-3-5(10(17)18)1-2-7(6)19-11-14-8(13)4-9(16)15-11/h1-4H,(H,17,18)(H3,13,14,15,16). The molecule has 6 nitrogen and oxygen atoms in total. The van der Waals surface area contributed by atoms with E-state index in [1.165, 1.54) is 18.2 Å². The molecule has 19 heavy (non-hydrogen) atoms. The minimum absolute atomic E-state index is 0.0865. The summed E-state index contributed by atoms with van der Waals surface area (Å²) in [6.45, 7) is 0. The van der Waals surface area contributed by atoms with E-state index in [9.17, 15) is 9.59 Å². The van der Waals surface area contributed by atoms with Gasteiger partial charge in [0, 0.05) is 11.0 Å². The van der Waals surface area contributed by atoms with Crippen LogP contribution in [0, 0.1) is 0 Å². The summed E-state index contributed by atoms with van der Waals surface area (Å²) in [5.41, 5.74) is 5.18. The Morgan fingerprint density at radius 1 is 1.42 bits per heavy atom. The molecular weight excluding hydrogens is 290 g/mol. The minimum Gasteiger partial charge on any atom is -0.478 e. The van der Waals surface area contributed by atoms with Crippen molar-refractivity contribution in [2.45, 2.75) is 10.1 Å². The zero-order valence-electron chi connectivity index (χ0n) is 9.38. The van der Waals surface area contributed by atoms with E-state index in [1.54, 1.807) is 6.07 Å². The minimum atomic E-state index is -1.06. The van der Waals surface area contributed by atoms with E-state index in [0.29, 0.717) is 4.90 Å². The number of carboxylic acids is 1. The molecule has 0 amide bonds. The van der Waals surface area contributed by atoms with Crippen molar-refractivity contribution in [3.63, 3.8) is 0 Å². The van der Waals surface area contributed by atoms with Crippen LogP contribution in [-0.2, 0) is 0 Å². The molecule has 0 unspecified atom stereocenters. The number of anilines is 1. The Labute approximate surface area is 116 Å². The lowest BCUT2D eigenvalue weighted by atomic mass is 10.2. The van der Waals surface area contributed by atoms with Gasteiger partial charge in [0.25, 0.3) is 5.56 Å². The highest BCUT2D eigenvalue weighted by molar-refractivity contribution is 7.99. The molecule has 98 valence electrons. The molecule has 0 radical (unpaired) electrons. The molecule has 0 saturated heterocycles. The van der Waals surface area contributed by atoms with Crippen molar-refractivity contribution in [3.05, 3.63) is 45.2 Å². The summed E-state index contributed by atoms with van der Waals surface area (Å²) in [5.74, 6) is -0.960. The predicted molar refractivity (Wildman–Crippen MR) is 71.8 cm³/mol. The fraction of sp³-hybridized carbons (Fsp3) is 0. The van der Waals surface area contributed by atoms with Crippen LogP contribution in [0.1, 0.15) is 10.4 Å². The second-order valence-electron chi connectivity index (χ2n) is 3.53. The number of aromatic carboxylic acids is 1. The van der Waals surface area contributed by atoms with Crippen LogP contribution in [0.15, 0.2) is 39.1 Å². The van der Waals surface area contributed by atoms with Crippen molar-refractivity contribution in [1.82, 2.24) is 9.97 Å². The first-order valence-corrected chi connectivity index (χ1v) is 6.22. The van der Waals surface area contributed by atoms with Crippen molar-refractivity contribution in [3.8, 4) is 0 Å². The van der Waals surface area contributed by atoms with Crippen molar-refractivity contribution in [2.24, 2.45) is 0 Å². The maximum absolute atomic E-state index is 11.2. The van der Waals surface area contributed by atoms with Crippen LogP contribution in [0.4, 0.5) is 5.82 Å². The Bertz CT molecular complexity index is 702. The van der Waals surface area contributed by atoms with E-state index >= 15 is 0 Å². The first-order valence-electron chi connectivity index (χ1n) is 5.03. The Kier molecular flexibility index (Phi) is 3.77. The molecule has 0 saturated carbocycles. The fourth-order valence-corrected chi connectivity index (χ4v) is 2.42. The number of aromatic nitrogens is 2. The average Bonchev–Trinajstić information content (AvgIpc) is 2.30. The van der Waals surface area contributed by atoms with Gasteiger partial charge in [0.05, 0.1) is 10.6 Å². The van der Waals surface area contributed by atoms with Gasteiger partial charge >= 0.3 is 5.97 Å². The van der Waals surface area contributed by atoms with E-state index in [1.807, 2.05) is 0 Å². The third-order valence-electron chi connectivity index (χ3n) is 2.13. The molecule has 4 N–H and O–H groups in total. The fourth-order valence-electron chi connectivity index (χ4n) is 1.32. The molecule has 0 fully saturated rings. The van der Waals surface area contributed by atoms with Crippen LogP contribution in [0.5, 0.6) is 0 Å². The zero-order valence-corrected chi connectivity index (χ0v) is 11.0. The maximum atomic E-state index is 11.2. The van der Waals surface area contributed by atoms with Gasteiger partial charge in [-0.2, -0.15) is 0 Å². The van der Waals surface area contributed by atoms with Gasteiger partial charge in [-0.3, -0.25) is 4.79 Å². The van der Waals surface area contributed by atoms with Crippen molar-refractivity contribution in [2.75, 3.05) is 5.73 Å². The zero-order chi connectivity index (χ0) is 14.0. The summed E-state index contributed by atoms with van der Waals surface area (Å²) < 4.78 is 0. The van der Waals surface area contributed by atoms with Gasteiger partial charge in [-0.25, -0.2) is 9.78 Å². The summed E-state index contributed by atoms with van der Waals surface area (Å²) in [5, 5.41) is 9.37. The number of carboxylic acid groups (broad SMARTS) is 1. The Morgan fingerprint density at radius 2 is 2.16 bits per heavy atom. The van der Waals surface area contributed by atoms with Crippen LogP contribution in [0.3, 0.4) is 0 Å². The average molecular weight is 298 g/mol. The van der Waals surface area contributed by atoms with Gasteiger partial charge in [-0.05, 0) is 18.2 Å². The number of nitrogens with two attached hydrogens (primary N) is 1. The van der Waals surface area contributed by atoms with E-state index in [4.69, 9.17) is 22.4 Å². The molecule has 8 heteroatoms. The highest BCUT2D eigenvalue weighted by Crippen LogP contribution is 2.31. The molecule has 0 aliphatic rings. The third kappa shape index (κ3) is 3.27. The summed E-state index contributed by atoms with van der Waals surface area (Å²) in [4.78, 5) is 29.0. The van der Waals surface area contributed by atoms with Crippen molar-refractivity contribution in [1.29, 1.82) is 0 Å². The molecule has 1 heterocycles. The molecule has 0 bridgehead atoms. The number of nitrogens with one attached hydrogen (secondary N) is 1. The highest BCUT2D eigenvalue weighted by Gasteiger charge is 2.09. The third-order valence-corrected chi connectivity index (χ3v) is 3.51. The summed E-state index contributed by atoms with van der Waals surface area (Å²) in [7, 11) is 0. The number of nitrogen functional groups attached to an aromatic ring is 1. The largest absolute Gasteiger partial charge is 0.478 e. The van der Waals surface area contributed by atoms with Crippen molar-refractivity contribution >= 4 is 35.1 Å². The highest BCUT2D eigenvalue weighted by atomic mass is 35.5. The normalized spacial score (nSPS) is 10.4. The number of benzene rings is 1. The first-order chi connectivity index (χ1) is 8.95. The Hall–Kier alpha value is -1.99. The smallest absolute Gasteiger partial charge is 0.335 e. The van der Waals surface area contributed by atoms with Gasteiger partial charge < -0.3 is 15.8 Å². The second-order valence-corrected chi connectivity index (χ2v) is 4.97. The van der Waals surface area contributed by atoms with Gasteiger partial charge in [0.2, 0.25) is 0 Å². The first kappa shape index (κ1) is 13.4. The van der Waals surface area contributed by atoms with Crippen LogP contribution >= 0.6 is 23.4 Å². The van der Waals surface area contributed by atoms with Gasteiger partial charge in [0.15, 0.2) is 5.16 Å². The molecule has 2 rings (SSSR count). The lowest BCUT2D eigenvalue weighted by Gasteiger charge is -2.04. The Morgan fingerprint density at radius 3 is 2.74 bits per heavy atom. The van der Waals surface area contributed by atoms with E-state index in [-0.39, 0.29) is 27.1 Å². The van der Waals surface area contributed by atoms with E-state index in [0.717, 1.165) is 11.8 Å². The predicted octanol–water partition coefficient (Wildman–Crippen LogP) is 1.85. The lowest BCUT2D eigenvalue weighted by molar-refractivity contribution is 0.0697. The summed E-state index contributed by atoms with van der Waals surface area (Å²) in [6.07, 6.45) is 0. The lowest BCUT2D eigenvalue weighted by Crippen LogP contribution is -2.09. The number of halogens is 1. The molecule has 2 aromatic rings. The van der Waals surface area contributed by atoms with Crippen molar-refractivity contribution < 1.29 is 9.90 Å². The summed E-state index contributed by atoms with van der Waals surface area (Å²) in [6, 6.07) is 5.45. The van der Waals surface area contributed by atoms with Gasteiger partial charge in [-0.1, -0.05) is 23.4 Å². The van der Waals surface area contributed by atoms with Gasteiger partial charge in [-0.15, -0.1) is 0 Å². The number of hydrogen-bond donors (Lipinski definition) is 3. The number of carbonyl (C=O) groups is 1. The molecule has 0 aliphatic carbocycles. The molecular formula is C11H8ClN3O3S. The Balaban J connectivity index is 2.33. The van der Waals surface area contributed by atoms with Crippen LogP contribution in [0.2, 0.25) is 5.02 Å². The number of hydrogen-bond acceptors (Lipinski definition) is 5. The monoisotopic (exact) mass is 297 g/mol.